The average molecular weight is 376 g/mol. The van der Waals surface area contributed by atoms with Crippen LogP contribution in [0.25, 0.3) is 22.0 Å². The summed E-state index contributed by atoms with van der Waals surface area (Å²) in [5.74, 6) is 0.398. The van der Waals surface area contributed by atoms with E-state index in [-0.39, 0.29) is 0 Å². The average Bonchev–Trinajstić information content (AvgIpc) is 3.31. The molecule has 0 atom stereocenters. The van der Waals surface area contributed by atoms with Crippen molar-refractivity contribution in [3.8, 4) is 22.0 Å². The first-order valence-electron chi connectivity index (χ1n) is 8.95. The van der Waals surface area contributed by atoms with Crippen molar-refractivity contribution in [1.82, 2.24) is 24.5 Å². The summed E-state index contributed by atoms with van der Waals surface area (Å²) in [5.41, 5.74) is 5.98. The van der Waals surface area contributed by atoms with Crippen LogP contribution in [-0.2, 0) is 6.54 Å². The summed E-state index contributed by atoms with van der Waals surface area (Å²) in [4.78, 5) is 18.4. The SMILES string of the molecule is Cc1cnc(Cn2cnc(-c3ccccc3)c2-c2nc(C(C)C)cs2)cn1. The molecule has 0 aliphatic rings. The van der Waals surface area contributed by atoms with E-state index in [1.165, 1.54) is 0 Å². The van der Waals surface area contributed by atoms with Gasteiger partial charge in [-0.3, -0.25) is 9.97 Å². The summed E-state index contributed by atoms with van der Waals surface area (Å²) in [7, 11) is 0. The molecule has 4 aromatic rings. The lowest BCUT2D eigenvalue weighted by Crippen LogP contribution is -2.04. The van der Waals surface area contributed by atoms with Crippen LogP contribution in [0.4, 0.5) is 0 Å². The Kier molecular flexibility index (Phi) is 4.81. The first-order valence-corrected chi connectivity index (χ1v) is 9.83. The molecule has 0 radical (unpaired) electrons. The molecule has 0 spiro atoms. The Morgan fingerprint density at radius 1 is 1.04 bits per heavy atom. The second-order valence-electron chi connectivity index (χ2n) is 6.82. The topological polar surface area (TPSA) is 56.5 Å². The van der Waals surface area contributed by atoms with Crippen LogP contribution in [0.3, 0.4) is 0 Å². The lowest BCUT2D eigenvalue weighted by atomic mass is 10.1. The number of rotatable bonds is 5. The molecule has 5 nitrogen and oxygen atoms in total. The van der Waals surface area contributed by atoms with Crippen LogP contribution in [0.5, 0.6) is 0 Å². The Bertz CT molecular complexity index is 1030. The minimum atomic E-state index is 0.398. The summed E-state index contributed by atoms with van der Waals surface area (Å²) in [5, 5.41) is 3.12. The molecule has 27 heavy (non-hydrogen) atoms. The molecule has 0 saturated carbocycles. The van der Waals surface area contributed by atoms with E-state index in [4.69, 9.17) is 9.97 Å². The second kappa shape index (κ2) is 7.40. The van der Waals surface area contributed by atoms with Gasteiger partial charge < -0.3 is 4.57 Å². The lowest BCUT2D eigenvalue weighted by molar-refractivity contribution is 0.769. The Labute approximate surface area is 162 Å². The molecule has 0 bridgehead atoms. The van der Waals surface area contributed by atoms with Crippen LogP contribution in [0.2, 0.25) is 0 Å². The Morgan fingerprint density at radius 2 is 1.85 bits per heavy atom. The smallest absolute Gasteiger partial charge is 0.142 e. The van der Waals surface area contributed by atoms with Gasteiger partial charge in [-0.15, -0.1) is 11.3 Å². The van der Waals surface area contributed by atoms with Crippen molar-refractivity contribution in [2.24, 2.45) is 0 Å². The lowest BCUT2D eigenvalue weighted by Gasteiger charge is -2.08. The molecule has 0 aliphatic carbocycles. The number of nitrogens with zero attached hydrogens (tertiary/aromatic N) is 5. The van der Waals surface area contributed by atoms with Crippen LogP contribution in [0.15, 0.2) is 54.4 Å². The molecule has 0 fully saturated rings. The number of aromatic nitrogens is 5. The highest BCUT2D eigenvalue weighted by Gasteiger charge is 2.19. The molecule has 3 heterocycles. The van der Waals surface area contributed by atoms with Gasteiger partial charge >= 0.3 is 0 Å². The van der Waals surface area contributed by atoms with Crippen molar-refractivity contribution < 1.29 is 0 Å². The molecule has 6 heteroatoms. The van der Waals surface area contributed by atoms with E-state index in [2.05, 4.69) is 45.9 Å². The number of benzene rings is 1. The molecule has 0 saturated heterocycles. The van der Waals surface area contributed by atoms with Gasteiger partial charge in [0.15, 0.2) is 0 Å². The maximum Gasteiger partial charge on any atom is 0.142 e. The monoisotopic (exact) mass is 375 g/mol. The van der Waals surface area contributed by atoms with Gasteiger partial charge in [0.1, 0.15) is 10.7 Å². The highest BCUT2D eigenvalue weighted by Crippen LogP contribution is 2.34. The molecule has 0 amide bonds. The van der Waals surface area contributed by atoms with E-state index in [1.54, 1.807) is 17.5 Å². The number of aryl methyl sites for hydroxylation is 1. The standard InChI is InChI=1S/C21H21N5S/c1-14(2)18-12-27-21(25-18)20-19(16-7-5-4-6-8-16)24-13-26(20)11-17-10-22-15(3)9-23-17/h4-10,12-14H,11H2,1-3H3. The van der Waals surface area contributed by atoms with E-state index in [0.717, 1.165) is 39.0 Å². The largest absolute Gasteiger partial charge is 0.322 e. The van der Waals surface area contributed by atoms with Crippen molar-refractivity contribution in [3.63, 3.8) is 0 Å². The van der Waals surface area contributed by atoms with Crippen LogP contribution >= 0.6 is 11.3 Å². The number of hydrogen-bond donors (Lipinski definition) is 0. The minimum Gasteiger partial charge on any atom is -0.322 e. The van der Waals surface area contributed by atoms with E-state index < -0.39 is 0 Å². The predicted octanol–water partition coefficient (Wildman–Crippen LogP) is 4.94. The fourth-order valence-corrected chi connectivity index (χ4v) is 3.91. The van der Waals surface area contributed by atoms with Crippen molar-refractivity contribution in [1.29, 1.82) is 0 Å². The second-order valence-corrected chi connectivity index (χ2v) is 7.68. The summed E-state index contributed by atoms with van der Waals surface area (Å²) < 4.78 is 2.12. The molecule has 136 valence electrons. The fourth-order valence-electron chi connectivity index (χ4n) is 2.87. The summed E-state index contributed by atoms with van der Waals surface area (Å²) in [6.45, 7) is 6.88. The number of imidazole rings is 1. The number of thiazole rings is 1. The molecule has 1 aromatic carbocycles. The quantitative estimate of drug-likeness (QED) is 0.495. The van der Waals surface area contributed by atoms with Crippen LogP contribution < -0.4 is 0 Å². The van der Waals surface area contributed by atoms with E-state index in [0.29, 0.717) is 12.5 Å². The first-order chi connectivity index (χ1) is 13.1. The highest BCUT2D eigenvalue weighted by atomic mass is 32.1. The normalized spacial score (nSPS) is 11.3. The molecule has 4 rings (SSSR count). The van der Waals surface area contributed by atoms with Gasteiger partial charge in [-0.1, -0.05) is 44.2 Å². The van der Waals surface area contributed by atoms with Crippen LogP contribution in [0.1, 0.15) is 36.8 Å². The zero-order valence-electron chi connectivity index (χ0n) is 15.6. The van der Waals surface area contributed by atoms with E-state index >= 15 is 0 Å². The number of hydrogen-bond acceptors (Lipinski definition) is 5. The molecular formula is C21H21N5S. The Hall–Kier alpha value is -2.86. The zero-order valence-corrected chi connectivity index (χ0v) is 16.4. The van der Waals surface area contributed by atoms with E-state index in [1.807, 2.05) is 37.6 Å². The van der Waals surface area contributed by atoms with Crippen molar-refractivity contribution >= 4 is 11.3 Å². The highest BCUT2D eigenvalue weighted by molar-refractivity contribution is 7.13. The maximum absolute atomic E-state index is 4.88. The van der Waals surface area contributed by atoms with Gasteiger partial charge in [0.05, 0.1) is 41.8 Å². The Morgan fingerprint density at radius 3 is 2.52 bits per heavy atom. The molecule has 0 unspecified atom stereocenters. The minimum absolute atomic E-state index is 0.398. The van der Waals surface area contributed by atoms with Crippen LogP contribution in [0, 0.1) is 6.92 Å². The van der Waals surface area contributed by atoms with E-state index in [9.17, 15) is 0 Å². The zero-order chi connectivity index (χ0) is 18.8. The molecule has 0 N–H and O–H groups in total. The van der Waals surface area contributed by atoms with Gasteiger partial charge in [-0.05, 0) is 12.8 Å². The molecular weight excluding hydrogens is 354 g/mol. The maximum atomic E-state index is 4.88. The third kappa shape index (κ3) is 3.66. The van der Waals surface area contributed by atoms with Crippen molar-refractivity contribution in [2.45, 2.75) is 33.2 Å². The van der Waals surface area contributed by atoms with Gasteiger partial charge in [0, 0.05) is 17.1 Å². The predicted molar refractivity (Wildman–Crippen MR) is 109 cm³/mol. The van der Waals surface area contributed by atoms with Crippen molar-refractivity contribution in [3.05, 3.63) is 71.5 Å². The van der Waals surface area contributed by atoms with Gasteiger partial charge in [-0.2, -0.15) is 0 Å². The molecule has 0 aliphatic heterocycles. The van der Waals surface area contributed by atoms with Crippen LogP contribution in [-0.4, -0.2) is 24.5 Å². The fraction of sp³-hybridized carbons (Fsp3) is 0.238. The third-order valence-electron chi connectivity index (χ3n) is 4.37. The van der Waals surface area contributed by atoms with Crippen molar-refractivity contribution in [2.75, 3.05) is 0 Å². The molecule has 3 aromatic heterocycles. The Balaban J connectivity index is 1.81. The van der Waals surface area contributed by atoms with Gasteiger partial charge in [-0.25, -0.2) is 9.97 Å². The summed E-state index contributed by atoms with van der Waals surface area (Å²) >= 11 is 1.66. The van der Waals surface area contributed by atoms with Gasteiger partial charge in [0.2, 0.25) is 0 Å². The van der Waals surface area contributed by atoms with Gasteiger partial charge in [0.25, 0.3) is 0 Å². The summed E-state index contributed by atoms with van der Waals surface area (Å²) in [6, 6.07) is 10.2. The third-order valence-corrected chi connectivity index (χ3v) is 5.24. The first kappa shape index (κ1) is 17.5. The summed E-state index contributed by atoms with van der Waals surface area (Å²) in [6.07, 6.45) is 5.49.